The van der Waals surface area contributed by atoms with E-state index in [0.717, 1.165) is 25.7 Å². The van der Waals surface area contributed by atoms with Crippen LogP contribution in [0.4, 0.5) is 14.6 Å². The third-order valence-corrected chi connectivity index (χ3v) is 6.80. The Balaban J connectivity index is 1.40. The van der Waals surface area contributed by atoms with Crippen LogP contribution in [0.25, 0.3) is 16.9 Å². The van der Waals surface area contributed by atoms with E-state index < -0.39 is 6.43 Å². The van der Waals surface area contributed by atoms with Gasteiger partial charge in [0.05, 0.1) is 30.8 Å². The van der Waals surface area contributed by atoms with Crippen molar-refractivity contribution in [1.29, 1.82) is 0 Å². The van der Waals surface area contributed by atoms with Gasteiger partial charge < -0.3 is 24.6 Å². The summed E-state index contributed by atoms with van der Waals surface area (Å²) < 4.78 is 41.2. The molecule has 1 amide bonds. The highest BCUT2D eigenvalue weighted by atomic mass is 19.3. The normalized spacial score (nSPS) is 20.3. The summed E-state index contributed by atoms with van der Waals surface area (Å²) in [7, 11) is 3.72. The predicted molar refractivity (Wildman–Crippen MR) is 138 cm³/mol. The number of benzene rings is 1. The van der Waals surface area contributed by atoms with Gasteiger partial charge in [0, 0.05) is 25.2 Å². The maximum absolute atomic E-state index is 14.1. The van der Waals surface area contributed by atoms with Crippen molar-refractivity contribution in [2.75, 3.05) is 51.8 Å². The minimum absolute atomic E-state index is 0.00736. The summed E-state index contributed by atoms with van der Waals surface area (Å²) in [6.45, 7) is 2.70. The molecule has 5 rings (SSSR count). The fraction of sp³-hybridized carbons (Fsp3) is 0.538. The lowest BCUT2D eigenvalue weighted by Gasteiger charge is -2.30. The number of hydrogen-bond donors (Lipinski definition) is 1. The van der Waals surface area contributed by atoms with Gasteiger partial charge in [0.15, 0.2) is 5.82 Å². The number of carbonyl (C=O) groups is 1. The van der Waals surface area contributed by atoms with Crippen molar-refractivity contribution in [3.8, 4) is 11.8 Å². The van der Waals surface area contributed by atoms with Crippen LogP contribution in [0, 0.1) is 0 Å². The zero-order valence-corrected chi connectivity index (χ0v) is 21.6. The van der Waals surface area contributed by atoms with Crippen LogP contribution in [0.2, 0.25) is 0 Å². The molecule has 204 valence electrons. The van der Waals surface area contributed by atoms with E-state index >= 15 is 0 Å². The molecule has 38 heavy (non-hydrogen) atoms. The third-order valence-electron chi connectivity index (χ3n) is 6.80. The third kappa shape index (κ3) is 6.02. The van der Waals surface area contributed by atoms with Gasteiger partial charge in [0.1, 0.15) is 17.7 Å². The van der Waals surface area contributed by atoms with Gasteiger partial charge in [-0.25, -0.2) is 13.8 Å². The summed E-state index contributed by atoms with van der Waals surface area (Å²) >= 11 is 0. The van der Waals surface area contributed by atoms with Gasteiger partial charge in [-0.3, -0.25) is 9.36 Å². The van der Waals surface area contributed by atoms with Crippen molar-refractivity contribution >= 4 is 22.8 Å². The highest BCUT2D eigenvalue weighted by molar-refractivity contribution is 5.78. The molecule has 1 aromatic carbocycles. The minimum Gasteiger partial charge on any atom is -0.460 e. The Morgan fingerprint density at radius 3 is 2.53 bits per heavy atom. The lowest BCUT2D eigenvalue weighted by Crippen LogP contribution is -2.43. The van der Waals surface area contributed by atoms with E-state index in [1.807, 2.05) is 23.9 Å². The molecule has 1 N–H and O–H groups in total. The molecule has 0 atom stereocenters. The Morgan fingerprint density at radius 2 is 1.82 bits per heavy atom. The van der Waals surface area contributed by atoms with E-state index in [-0.39, 0.29) is 35.7 Å². The fourth-order valence-electron chi connectivity index (χ4n) is 4.99. The average molecular weight is 530 g/mol. The van der Waals surface area contributed by atoms with E-state index in [0.29, 0.717) is 49.7 Å². The number of para-hydroxylation sites is 2. The second kappa shape index (κ2) is 11.6. The highest BCUT2D eigenvalue weighted by Crippen LogP contribution is 2.30. The Morgan fingerprint density at radius 1 is 1.11 bits per heavy atom. The van der Waals surface area contributed by atoms with Crippen molar-refractivity contribution < 1.29 is 23.0 Å². The zero-order chi connectivity index (χ0) is 26.6. The monoisotopic (exact) mass is 529 g/mol. The summed E-state index contributed by atoms with van der Waals surface area (Å²) in [5.41, 5.74) is 1.00. The van der Waals surface area contributed by atoms with Crippen molar-refractivity contribution in [2.24, 2.45) is 0 Å². The summed E-state index contributed by atoms with van der Waals surface area (Å²) in [6.07, 6.45) is 0.0848. The number of aromatic nitrogens is 4. The Labute approximate surface area is 219 Å². The van der Waals surface area contributed by atoms with Gasteiger partial charge in [0.2, 0.25) is 5.91 Å². The topological polar surface area (TPSA) is 97.6 Å². The number of imidazole rings is 1. The number of hydrogen-bond acceptors (Lipinski definition) is 8. The number of rotatable bonds is 8. The molecule has 1 aliphatic carbocycles. The number of alkyl halides is 2. The molecule has 0 unspecified atom stereocenters. The molecule has 1 saturated heterocycles. The molecular weight excluding hydrogens is 496 g/mol. The van der Waals surface area contributed by atoms with E-state index in [2.05, 4.69) is 20.3 Å². The maximum atomic E-state index is 14.1. The van der Waals surface area contributed by atoms with Crippen molar-refractivity contribution in [3.63, 3.8) is 0 Å². The predicted octanol–water partition coefficient (Wildman–Crippen LogP) is 2.96. The summed E-state index contributed by atoms with van der Waals surface area (Å²) in [5, 5.41) is 3.08. The highest BCUT2D eigenvalue weighted by Gasteiger charge is 2.27. The molecule has 3 aromatic rings. The number of nitrogens with zero attached hydrogens (tertiary/aromatic N) is 6. The van der Waals surface area contributed by atoms with Gasteiger partial charge in [-0.15, -0.1) is 0 Å². The smallest absolute Gasteiger partial charge is 0.320 e. The molecule has 3 heterocycles. The van der Waals surface area contributed by atoms with Gasteiger partial charge in [-0.2, -0.15) is 9.97 Å². The molecule has 10 nitrogen and oxygen atoms in total. The molecule has 0 bridgehead atoms. The molecule has 0 spiro atoms. The van der Waals surface area contributed by atoms with Gasteiger partial charge in [0.25, 0.3) is 6.43 Å². The zero-order valence-electron chi connectivity index (χ0n) is 21.6. The van der Waals surface area contributed by atoms with Gasteiger partial charge in [-0.05, 0) is 51.9 Å². The number of fused-ring (bicyclic) bond motifs is 1. The van der Waals surface area contributed by atoms with Crippen LogP contribution >= 0.6 is 0 Å². The molecule has 2 aromatic heterocycles. The van der Waals surface area contributed by atoms with Crippen molar-refractivity contribution in [3.05, 3.63) is 36.2 Å². The molecule has 0 radical (unpaired) electrons. The van der Waals surface area contributed by atoms with E-state index in [1.165, 1.54) is 4.57 Å². The first-order valence-electron chi connectivity index (χ1n) is 13.0. The quantitative estimate of drug-likeness (QED) is 0.476. The van der Waals surface area contributed by atoms with Crippen molar-refractivity contribution in [1.82, 2.24) is 29.7 Å². The van der Waals surface area contributed by atoms with Crippen LogP contribution in [0.1, 0.15) is 37.9 Å². The van der Waals surface area contributed by atoms with E-state index in [4.69, 9.17) is 9.47 Å². The van der Waals surface area contributed by atoms with Crippen LogP contribution in [0.15, 0.2) is 30.3 Å². The Bertz CT molecular complexity index is 1250. The average Bonchev–Trinajstić information content (AvgIpc) is 3.30. The molecular formula is C26H33F2N7O3. The number of morpholine rings is 1. The Hall–Kier alpha value is -3.38. The number of anilines is 1. The van der Waals surface area contributed by atoms with Crippen LogP contribution in [0.3, 0.4) is 0 Å². The van der Waals surface area contributed by atoms with Gasteiger partial charge in [-0.1, -0.05) is 12.1 Å². The van der Waals surface area contributed by atoms with Crippen LogP contribution in [0.5, 0.6) is 6.01 Å². The van der Waals surface area contributed by atoms with E-state index in [1.54, 1.807) is 30.3 Å². The van der Waals surface area contributed by atoms with Crippen LogP contribution < -0.4 is 15.0 Å². The van der Waals surface area contributed by atoms with Gasteiger partial charge >= 0.3 is 6.01 Å². The van der Waals surface area contributed by atoms with Crippen molar-refractivity contribution in [2.45, 2.75) is 44.3 Å². The molecule has 2 fully saturated rings. The lowest BCUT2D eigenvalue weighted by molar-refractivity contribution is -0.122. The SMILES string of the molecule is CN(C)CC(=O)NC1CCC(Oc2nc(N3CCOCC3)cc(-n3c(C(F)F)nc4ccccc43)n2)CC1. The minimum atomic E-state index is -2.79. The summed E-state index contributed by atoms with van der Waals surface area (Å²) in [5.74, 6) is 0.506. The largest absolute Gasteiger partial charge is 0.460 e. The fourth-order valence-corrected chi connectivity index (χ4v) is 4.99. The first kappa shape index (κ1) is 26.2. The number of amides is 1. The second-order valence-electron chi connectivity index (χ2n) is 9.96. The summed E-state index contributed by atoms with van der Waals surface area (Å²) in [4.78, 5) is 29.4. The number of carbonyl (C=O) groups excluding carboxylic acids is 1. The maximum Gasteiger partial charge on any atom is 0.320 e. The van der Waals surface area contributed by atoms with Crippen LogP contribution in [-0.4, -0.2) is 89.4 Å². The number of nitrogens with one attached hydrogen (secondary N) is 1. The standard InChI is InChI=1S/C26H33F2N7O3/c1-33(2)16-23(36)29-17-7-9-18(10-8-17)38-26-31-21(34-11-13-37-14-12-34)15-22(32-26)35-20-6-4-3-5-19(20)30-25(35)24(27)28/h3-6,15,17-18,24H,7-14,16H2,1-2H3,(H,29,36). The molecule has 2 aliphatic rings. The Kier molecular flexibility index (Phi) is 7.98. The number of halogens is 2. The molecule has 12 heteroatoms. The summed E-state index contributed by atoms with van der Waals surface area (Å²) in [6, 6.07) is 8.95. The first-order chi connectivity index (χ1) is 18.4. The molecule has 1 aliphatic heterocycles. The first-order valence-corrected chi connectivity index (χ1v) is 13.0. The second-order valence-corrected chi connectivity index (χ2v) is 9.96. The van der Waals surface area contributed by atoms with E-state index in [9.17, 15) is 13.6 Å². The number of ether oxygens (including phenoxy) is 2. The molecule has 1 saturated carbocycles. The lowest BCUT2D eigenvalue weighted by atomic mass is 9.93. The number of likely N-dealkylation sites (N-methyl/N-ethyl adjacent to an activating group) is 1. The van der Waals surface area contributed by atoms with Crippen LogP contribution in [-0.2, 0) is 9.53 Å².